The first-order valence-corrected chi connectivity index (χ1v) is 10.9. The highest BCUT2D eigenvalue weighted by atomic mass is 16.5. The van der Waals surface area contributed by atoms with Gasteiger partial charge >= 0.3 is 0 Å². The van der Waals surface area contributed by atoms with E-state index in [0.717, 1.165) is 52.2 Å². The number of nitrogens with one attached hydrogen (secondary N) is 3. The Balaban J connectivity index is 1.27. The topological polar surface area (TPSA) is 79.0 Å². The number of aromatic amines is 1. The van der Waals surface area contributed by atoms with E-state index in [9.17, 15) is 4.79 Å². The van der Waals surface area contributed by atoms with Crippen LogP contribution in [0.5, 0.6) is 11.5 Å². The van der Waals surface area contributed by atoms with Gasteiger partial charge in [-0.15, -0.1) is 0 Å². The Morgan fingerprint density at radius 2 is 1.94 bits per heavy atom. The first-order valence-electron chi connectivity index (χ1n) is 10.9. The predicted molar refractivity (Wildman–Crippen MR) is 125 cm³/mol. The minimum absolute atomic E-state index is 0.0405. The first kappa shape index (κ1) is 20.3. The average molecular weight is 427 g/mol. The van der Waals surface area contributed by atoms with Crippen LogP contribution in [0.2, 0.25) is 0 Å². The van der Waals surface area contributed by atoms with Crippen LogP contribution in [0.25, 0.3) is 11.0 Å². The molecule has 1 fully saturated rings. The Kier molecular flexibility index (Phi) is 5.60. The Bertz CT molecular complexity index is 1220. The number of nitrogens with zero attached hydrogens (tertiary/aromatic N) is 1. The molecule has 1 saturated heterocycles. The van der Waals surface area contributed by atoms with Crippen molar-refractivity contribution in [1.29, 1.82) is 0 Å². The molecular weight excluding hydrogens is 400 g/mol. The molecule has 1 unspecified atom stereocenters. The number of rotatable bonds is 6. The normalized spacial score (nSPS) is 18.0. The van der Waals surface area contributed by atoms with E-state index in [-0.39, 0.29) is 17.9 Å². The molecule has 4 aromatic rings. The molecule has 162 valence electrons. The number of benzene rings is 2. The number of aromatic nitrogens is 2. The summed E-state index contributed by atoms with van der Waals surface area (Å²) < 4.78 is 6.16. The molecule has 2 atom stereocenters. The van der Waals surface area contributed by atoms with Gasteiger partial charge in [0.15, 0.2) is 0 Å². The lowest BCUT2D eigenvalue weighted by Gasteiger charge is -2.20. The van der Waals surface area contributed by atoms with Crippen LogP contribution in [0.4, 0.5) is 0 Å². The standard InChI is InChI=1S/C26H26N4O2/c1-17-15-29-25-23(17)22(12-14-28-25)32-20-9-7-19(8-10-20)21-11-13-27-24(21)26(31)30-16-18-5-3-2-4-6-18/h2-10,12,14-15,21,24,27H,11,13,16H2,1H3,(H,28,29)(H,30,31)/t21?,24-/m0/s1. The number of aryl methyl sites for hydroxylation is 1. The number of ether oxygens (including phenoxy) is 1. The lowest BCUT2D eigenvalue weighted by atomic mass is 9.91. The van der Waals surface area contributed by atoms with Gasteiger partial charge in [-0.2, -0.15) is 0 Å². The van der Waals surface area contributed by atoms with Crippen molar-refractivity contribution in [3.05, 3.63) is 89.7 Å². The Labute approximate surface area is 187 Å². The molecule has 32 heavy (non-hydrogen) atoms. The highest BCUT2D eigenvalue weighted by Gasteiger charge is 2.33. The Hall–Kier alpha value is -3.64. The molecule has 3 heterocycles. The van der Waals surface area contributed by atoms with Gasteiger partial charge in [-0.1, -0.05) is 42.5 Å². The molecule has 0 aliphatic carbocycles. The number of hydrogen-bond donors (Lipinski definition) is 3. The summed E-state index contributed by atoms with van der Waals surface area (Å²) >= 11 is 0. The van der Waals surface area contributed by atoms with Crippen molar-refractivity contribution in [2.45, 2.75) is 31.8 Å². The maximum absolute atomic E-state index is 12.8. The van der Waals surface area contributed by atoms with Gasteiger partial charge < -0.3 is 20.4 Å². The molecule has 0 bridgehead atoms. The number of fused-ring (bicyclic) bond motifs is 1. The molecule has 1 amide bonds. The third-order valence-corrected chi connectivity index (χ3v) is 6.08. The highest BCUT2D eigenvalue weighted by Crippen LogP contribution is 2.33. The minimum Gasteiger partial charge on any atom is -0.457 e. The number of amides is 1. The zero-order chi connectivity index (χ0) is 21.9. The molecule has 5 rings (SSSR count). The summed E-state index contributed by atoms with van der Waals surface area (Å²) in [5.74, 6) is 1.72. The van der Waals surface area contributed by atoms with E-state index in [1.54, 1.807) is 6.20 Å². The first-order chi connectivity index (χ1) is 15.7. The largest absolute Gasteiger partial charge is 0.457 e. The van der Waals surface area contributed by atoms with Crippen molar-refractivity contribution in [3.63, 3.8) is 0 Å². The van der Waals surface area contributed by atoms with E-state index in [4.69, 9.17) is 4.74 Å². The molecule has 2 aromatic carbocycles. The number of carbonyl (C=O) groups is 1. The van der Waals surface area contributed by atoms with Crippen LogP contribution in [0, 0.1) is 6.92 Å². The minimum atomic E-state index is -0.229. The van der Waals surface area contributed by atoms with Crippen molar-refractivity contribution >= 4 is 16.9 Å². The van der Waals surface area contributed by atoms with Crippen molar-refractivity contribution in [2.75, 3.05) is 6.54 Å². The molecule has 0 radical (unpaired) electrons. The van der Waals surface area contributed by atoms with Gasteiger partial charge in [0.1, 0.15) is 17.1 Å². The SMILES string of the molecule is Cc1c[nH]c2nccc(Oc3ccc(C4CCN[C@@H]4C(=O)NCc4ccccc4)cc3)c12. The maximum Gasteiger partial charge on any atom is 0.238 e. The van der Waals surface area contributed by atoms with Gasteiger partial charge in [-0.05, 0) is 54.8 Å². The Morgan fingerprint density at radius 1 is 1.12 bits per heavy atom. The van der Waals surface area contributed by atoms with Gasteiger partial charge in [0.05, 0.1) is 11.4 Å². The van der Waals surface area contributed by atoms with Crippen LogP contribution in [-0.4, -0.2) is 28.5 Å². The third-order valence-electron chi connectivity index (χ3n) is 6.08. The van der Waals surface area contributed by atoms with Crippen molar-refractivity contribution < 1.29 is 9.53 Å². The van der Waals surface area contributed by atoms with Gasteiger partial charge in [0.25, 0.3) is 0 Å². The molecule has 1 aliphatic heterocycles. The number of carbonyl (C=O) groups excluding carboxylic acids is 1. The van der Waals surface area contributed by atoms with Crippen molar-refractivity contribution in [3.8, 4) is 11.5 Å². The zero-order valence-electron chi connectivity index (χ0n) is 18.0. The van der Waals surface area contributed by atoms with E-state index in [1.807, 2.05) is 61.7 Å². The summed E-state index contributed by atoms with van der Waals surface area (Å²) in [4.78, 5) is 20.3. The van der Waals surface area contributed by atoms with Gasteiger partial charge in [-0.25, -0.2) is 4.98 Å². The van der Waals surface area contributed by atoms with E-state index >= 15 is 0 Å². The van der Waals surface area contributed by atoms with Crippen LogP contribution in [0.3, 0.4) is 0 Å². The second-order valence-corrected chi connectivity index (χ2v) is 8.21. The molecule has 3 N–H and O–H groups in total. The maximum atomic E-state index is 12.8. The smallest absolute Gasteiger partial charge is 0.238 e. The molecule has 1 aliphatic rings. The van der Waals surface area contributed by atoms with E-state index < -0.39 is 0 Å². The molecule has 0 spiro atoms. The summed E-state index contributed by atoms with van der Waals surface area (Å²) in [7, 11) is 0. The summed E-state index contributed by atoms with van der Waals surface area (Å²) in [5.41, 5.74) is 4.15. The van der Waals surface area contributed by atoms with Gasteiger partial charge in [-0.3, -0.25) is 4.79 Å². The van der Waals surface area contributed by atoms with Crippen molar-refractivity contribution in [1.82, 2.24) is 20.6 Å². The molecule has 6 nitrogen and oxygen atoms in total. The van der Waals surface area contributed by atoms with E-state index in [1.165, 1.54) is 0 Å². The highest BCUT2D eigenvalue weighted by molar-refractivity contribution is 5.86. The second kappa shape index (κ2) is 8.85. The zero-order valence-corrected chi connectivity index (χ0v) is 18.0. The van der Waals surface area contributed by atoms with Crippen LogP contribution in [-0.2, 0) is 11.3 Å². The lowest BCUT2D eigenvalue weighted by molar-refractivity contribution is -0.123. The summed E-state index contributed by atoms with van der Waals surface area (Å²) in [6, 6.07) is 19.7. The average Bonchev–Trinajstić information content (AvgIpc) is 3.47. The number of pyridine rings is 1. The monoisotopic (exact) mass is 426 g/mol. The van der Waals surface area contributed by atoms with Gasteiger partial charge in [0, 0.05) is 24.9 Å². The van der Waals surface area contributed by atoms with E-state index in [0.29, 0.717) is 6.54 Å². The van der Waals surface area contributed by atoms with Crippen LogP contribution >= 0.6 is 0 Å². The molecule has 0 saturated carbocycles. The summed E-state index contributed by atoms with van der Waals surface area (Å²) in [6.07, 6.45) is 4.60. The fourth-order valence-corrected chi connectivity index (χ4v) is 4.41. The molecule has 2 aromatic heterocycles. The van der Waals surface area contributed by atoms with Crippen LogP contribution < -0.4 is 15.4 Å². The number of H-pyrrole nitrogens is 1. The summed E-state index contributed by atoms with van der Waals surface area (Å²) in [6.45, 7) is 3.40. The van der Waals surface area contributed by atoms with Crippen LogP contribution in [0.15, 0.2) is 73.1 Å². The molecular formula is C26H26N4O2. The second-order valence-electron chi connectivity index (χ2n) is 8.21. The predicted octanol–water partition coefficient (Wildman–Crippen LogP) is 4.43. The fourth-order valence-electron chi connectivity index (χ4n) is 4.41. The van der Waals surface area contributed by atoms with Gasteiger partial charge in [0.2, 0.25) is 5.91 Å². The number of hydrogen-bond acceptors (Lipinski definition) is 4. The molecule has 6 heteroatoms. The van der Waals surface area contributed by atoms with Crippen LogP contribution in [0.1, 0.15) is 29.0 Å². The quantitative estimate of drug-likeness (QED) is 0.426. The Morgan fingerprint density at radius 3 is 2.75 bits per heavy atom. The fraction of sp³-hybridized carbons (Fsp3) is 0.231. The van der Waals surface area contributed by atoms with E-state index in [2.05, 4.69) is 32.7 Å². The lowest BCUT2D eigenvalue weighted by Crippen LogP contribution is -2.42. The van der Waals surface area contributed by atoms with Crippen molar-refractivity contribution in [2.24, 2.45) is 0 Å². The third kappa shape index (κ3) is 4.09. The summed E-state index contributed by atoms with van der Waals surface area (Å²) in [5, 5.41) is 7.43.